The molecule has 1 aliphatic rings. The highest BCUT2D eigenvalue weighted by Gasteiger charge is 2.14. The van der Waals surface area contributed by atoms with E-state index in [1.54, 1.807) is 6.26 Å². The third kappa shape index (κ3) is 3.14. The van der Waals surface area contributed by atoms with Crippen LogP contribution in [-0.4, -0.2) is 41.4 Å². The first-order valence-electron chi connectivity index (χ1n) is 6.81. The van der Waals surface area contributed by atoms with E-state index in [1.807, 2.05) is 12.1 Å². The molecule has 2 aromatic rings. The molecule has 6 heteroatoms. The molecule has 0 unspecified atom stereocenters. The predicted octanol–water partition coefficient (Wildman–Crippen LogP) is 0.983. The smallest absolute Gasteiger partial charge is 0.244 e. The summed E-state index contributed by atoms with van der Waals surface area (Å²) in [4.78, 5) is 6.79. The van der Waals surface area contributed by atoms with Crippen molar-refractivity contribution in [3.63, 3.8) is 0 Å². The van der Waals surface area contributed by atoms with Gasteiger partial charge in [0.25, 0.3) is 0 Å². The molecular weight excluding hydrogens is 242 g/mol. The van der Waals surface area contributed by atoms with Crippen LogP contribution in [0, 0.1) is 0 Å². The lowest BCUT2D eigenvalue weighted by Gasteiger charge is -2.16. The molecule has 0 bridgehead atoms. The Morgan fingerprint density at radius 1 is 1.26 bits per heavy atom. The van der Waals surface area contributed by atoms with Crippen LogP contribution in [-0.2, 0) is 12.8 Å². The number of furan rings is 1. The van der Waals surface area contributed by atoms with Gasteiger partial charge in [-0.25, -0.2) is 0 Å². The average Bonchev–Trinajstić information content (AvgIpc) is 3.03. The molecule has 3 rings (SSSR count). The van der Waals surface area contributed by atoms with Crippen molar-refractivity contribution in [2.75, 3.05) is 31.1 Å². The SMILES string of the molecule is c1coc(CCc2nc(N3CCCNCC3)n[nH]2)c1. The van der Waals surface area contributed by atoms with Gasteiger partial charge in [-0.2, -0.15) is 4.98 Å². The van der Waals surface area contributed by atoms with Gasteiger partial charge in [0.05, 0.1) is 6.26 Å². The van der Waals surface area contributed by atoms with E-state index >= 15 is 0 Å². The van der Waals surface area contributed by atoms with Crippen molar-refractivity contribution in [3.05, 3.63) is 30.0 Å². The summed E-state index contributed by atoms with van der Waals surface area (Å²) in [6, 6.07) is 3.89. The highest BCUT2D eigenvalue weighted by molar-refractivity contribution is 5.29. The molecule has 1 saturated heterocycles. The number of aromatic nitrogens is 3. The second kappa shape index (κ2) is 5.88. The molecule has 2 N–H and O–H groups in total. The van der Waals surface area contributed by atoms with Crippen molar-refractivity contribution < 1.29 is 4.42 Å². The molecule has 0 amide bonds. The largest absolute Gasteiger partial charge is 0.469 e. The fourth-order valence-electron chi connectivity index (χ4n) is 2.28. The van der Waals surface area contributed by atoms with Gasteiger partial charge < -0.3 is 14.6 Å². The van der Waals surface area contributed by atoms with Crippen LogP contribution in [0.4, 0.5) is 5.95 Å². The summed E-state index contributed by atoms with van der Waals surface area (Å²) < 4.78 is 5.31. The van der Waals surface area contributed by atoms with Crippen LogP contribution in [0.25, 0.3) is 0 Å². The lowest BCUT2D eigenvalue weighted by Crippen LogP contribution is -2.28. The van der Waals surface area contributed by atoms with Crippen LogP contribution < -0.4 is 10.2 Å². The second-order valence-corrected chi connectivity index (χ2v) is 4.75. The summed E-state index contributed by atoms with van der Waals surface area (Å²) in [5.74, 6) is 2.72. The lowest BCUT2D eigenvalue weighted by molar-refractivity contribution is 0.506. The number of hydrogen-bond acceptors (Lipinski definition) is 5. The van der Waals surface area contributed by atoms with Gasteiger partial charge in [-0.15, -0.1) is 5.10 Å². The zero-order chi connectivity index (χ0) is 12.9. The highest BCUT2D eigenvalue weighted by atomic mass is 16.3. The van der Waals surface area contributed by atoms with E-state index in [2.05, 4.69) is 25.4 Å². The Morgan fingerprint density at radius 3 is 3.16 bits per heavy atom. The fourth-order valence-corrected chi connectivity index (χ4v) is 2.28. The number of nitrogens with zero attached hydrogens (tertiary/aromatic N) is 3. The molecular formula is C13H19N5O. The van der Waals surface area contributed by atoms with E-state index in [4.69, 9.17) is 4.42 Å². The zero-order valence-electron chi connectivity index (χ0n) is 10.9. The standard InChI is InChI=1S/C13H19N5O/c1-3-11(19-10-1)4-5-12-15-13(17-16-12)18-8-2-6-14-7-9-18/h1,3,10,14H,2,4-9H2,(H,15,16,17). The van der Waals surface area contributed by atoms with E-state index in [1.165, 1.54) is 0 Å². The molecule has 0 atom stereocenters. The van der Waals surface area contributed by atoms with Crippen molar-refractivity contribution in [1.29, 1.82) is 0 Å². The molecule has 3 heterocycles. The predicted molar refractivity (Wildman–Crippen MR) is 72.2 cm³/mol. The maximum absolute atomic E-state index is 5.31. The molecule has 19 heavy (non-hydrogen) atoms. The van der Waals surface area contributed by atoms with E-state index in [0.717, 1.165) is 63.0 Å². The molecule has 0 radical (unpaired) electrons. The Morgan fingerprint density at radius 2 is 2.26 bits per heavy atom. The summed E-state index contributed by atoms with van der Waals surface area (Å²) in [6.45, 7) is 4.06. The first-order chi connectivity index (χ1) is 9.42. The zero-order valence-corrected chi connectivity index (χ0v) is 10.9. The van der Waals surface area contributed by atoms with Gasteiger partial charge in [-0.3, -0.25) is 5.10 Å². The Balaban J connectivity index is 1.59. The van der Waals surface area contributed by atoms with E-state index in [-0.39, 0.29) is 0 Å². The van der Waals surface area contributed by atoms with Gasteiger partial charge in [0, 0.05) is 32.5 Å². The fraction of sp³-hybridized carbons (Fsp3) is 0.538. The summed E-state index contributed by atoms with van der Waals surface area (Å²) in [5, 5.41) is 10.7. The highest BCUT2D eigenvalue weighted by Crippen LogP contribution is 2.10. The minimum absolute atomic E-state index is 0.818. The number of anilines is 1. The molecule has 0 aliphatic carbocycles. The third-order valence-electron chi connectivity index (χ3n) is 3.33. The van der Waals surface area contributed by atoms with Crippen molar-refractivity contribution in [3.8, 4) is 0 Å². The van der Waals surface area contributed by atoms with Gasteiger partial charge in [-0.1, -0.05) is 0 Å². The Kier molecular flexibility index (Phi) is 3.78. The first-order valence-corrected chi connectivity index (χ1v) is 6.81. The van der Waals surface area contributed by atoms with E-state index in [9.17, 15) is 0 Å². The number of aromatic amines is 1. The van der Waals surface area contributed by atoms with Gasteiger partial charge in [0.1, 0.15) is 11.6 Å². The minimum Gasteiger partial charge on any atom is -0.469 e. The second-order valence-electron chi connectivity index (χ2n) is 4.75. The summed E-state index contributed by atoms with van der Waals surface area (Å²) in [7, 11) is 0. The molecule has 0 aromatic carbocycles. The minimum atomic E-state index is 0.818. The van der Waals surface area contributed by atoms with Crippen molar-refractivity contribution >= 4 is 5.95 Å². The number of hydrogen-bond donors (Lipinski definition) is 2. The maximum Gasteiger partial charge on any atom is 0.244 e. The van der Waals surface area contributed by atoms with Crippen molar-refractivity contribution in [2.45, 2.75) is 19.3 Å². The first kappa shape index (κ1) is 12.2. The topological polar surface area (TPSA) is 70.0 Å². The third-order valence-corrected chi connectivity index (χ3v) is 3.33. The quantitative estimate of drug-likeness (QED) is 0.858. The number of aryl methyl sites for hydroxylation is 2. The van der Waals surface area contributed by atoms with Crippen molar-refractivity contribution in [2.24, 2.45) is 0 Å². The lowest BCUT2D eigenvalue weighted by atomic mass is 10.2. The monoisotopic (exact) mass is 261 g/mol. The van der Waals surface area contributed by atoms with Gasteiger partial charge in [0.2, 0.25) is 5.95 Å². The molecule has 1 aliphatic heterocycles. The van der Waals surface area contributed by atoms with Crippen LogP contribution in [0.15, 0.2) is 22.8 Å². The van der Waals surface area contributed by atoms with E-state index < -0.39 is 0 Å². The summed E-state index contributed by atoms with van der Waals surface area (Å²) in [5.41, 5.74) is 0. The van der Waals surface area contributed by atoms with Crippen LogP contribution >= 0.6 is 0 Å². The molecule has 2 aromatic heterocycles. The number of rotatable bonds is 4. The van der Waals surface area contributed by atoms with Gasteiger partial charge in [-0.05, 0) is 25.1 Å². The van der Waals surface area contributed by atoms with Crippen LogP contribution in [0.3, 0.4) is 0 Å². The molecule has 1 fully saturated rings. The van der Waals surface area contributed by atoms with Crippen LogP contribution in [0.1, 0.15) is 18.0 Å². The molecule has 0 saturated carbocycles. The Bertz CT molecular complexity index is 485. The molecule has 102 valence electrons. The molecule has 0 spiro atoms. The summed E-state index contributed by atoms with van der Waals surface area (Å²) in [6.07, 6.45) is 4.51. The maximum atomic E-state index is 5.31. The van der Waals surface area contributed by atoms with Gasteiger partial charge >= 0.3 is 0 Å². The van der Waals surface area contributed by atoms with Crippen LogP contribution in [0.2, 0.25) is 0 Å². The van der Waals surface area contributed by atoms with Crippen LogP contribution in [0.5, 0.6) is 0 Å². The number of nitrogens with one attached hydrogen (secondary N) is 2. The average molecular weight is 261 g/mol. The van der Waals surface area contributed by atoms with E-state index in [0.29, 0.717) is 0 Å². The normalized spacial score (nSPS) is 16.5. The van der Waals surface area contributed by atoms with Crippen molar-refractivity contribution in [1.82, 2.24) is 20.5 Å². The van der Waals surface area contributed by atoms with Gasteiger partial charge in [0.15, 0.2) is 0 Å². The summed E-state index contributed by atoms with van der Waals surface area (Å²) >= 11 is 0. The Labute approximate surface area is 112 Å². The number of H-pyrrole nitrogens is 1. The Hall–Kier alpha value is -1.82. The molecule has 6 nitrogen and oxygen atoms in total.